The van der Waals surface area contributed by atoms with E-state index >= 15 is 0 Å². The van der Waals surface area contributed by atoms with Crippen molar-refractivity contribution in [2.45, 2.75) is 47.7 Å². The molecule has 0 aliphatic rings. The quantitative estimate of drug-likeness (QED) is 0.428. The van der Waals surface area contributed by atoms with Gasteiger partial charge in [0, 0.05) is 0 Å². The lowest BCUT2D eigenvalue weighted by Gasteiger charge is -2.31. The Balaban J connectivity index is 5.19. The van der Waals surface area contributed by atoms with Gasteiger partial charge in [-0.25, -0.2) is 8.78 Å². The zero-order valence-corrected chi connectivity index (χ0v) is 11.5. The van der Waals surface area contributed by atoms with Crippen LogP contribution in [-0.4, -0.2) is 47.7 Å². The predicted molar refractivity (Wildman–Crippen MR) is 52.2 cm³/mol. The number of hydrogen-bond donors (Lipinski definition) is 0. The maximum Gasteiger partial charge on any atom is 0.425 e. The van der Waals surface area contributed by atoms with E-state index in [1.54, 1.807) is 0 Å². The molecule has 0 aromatic heterocycles. The van der Waals surface area contributed by atoms with E-state index in [0.29, 0.717) is 0 Å². The van der Waals surface area contributed by atoms with Gasteiger partial charge in [0.05, 0.1) is 0 Å². The third-order valence-electron chi connectivity index (χ3n) is 2.09. The monoisotopic (exact) mass is 414 g/mol. The SMILES string of the molecule is FC(C(F)(F)F)C(F)(F)C(Cl)OC(Cl)C(F)(F)C(F)C(F)(F)F. The Bertz CT molecular complexity index is 358. The summed E-state index contributed by atoms with van der Waals surface area (Å²) in [5.74, 6) is -11.4. The molecule has 0 amide bonds. The van der Waals surface area contributed by atoms with Gasteiger partial charge < -0.3 is 4.74 Å². The topological polar surface area (TPSA) is 9.23 Å². The molecular weight excluding hydrogens is 411 g/mol. The van der Waals surface area contributed by atoms with Crippen molar-refractivity contribution in [3.8, 4) is 0 Å². The van der Waals surface area contributed by atoms with Gasteiger partial charge in [-0.15, -0.1) is 0 Å². The summed E-state index contributed by atoms with van der Waals surface area (Å²) < 4.78 is 151. The summed E-state index contributed by atoms with van der Waals surface area (Å²) >= 11 is 8.92. The van der Waals surface area contributed by atoms with Crippen LogP contribution in [0.25, 0.3) is 0 Å². The minimum atomic E-state index is -6.20. The lowest BCUT2D eigenvalue weighted by atomic mass is 10.2. The zero-order chi connectivity index (χ0) is 19.0. The summed E-state index contributed by atoms with van der Waals surface area (Å²) in [5.41, 5.74) is -7.74. The predicted octanol–water partition coefficient (Wildman–Crippen LogP) is 5.20. The van der Waals surface area contributed by atoms with Crippen molar-refractivity contribution in [2.75, 3.05) is 0 Å². The summed E-state index contributed by atoms with van der Waals surface area (Å²) in [4.78, 5) is 0. The highest BCUT2D eigenvalue weighted by atomic mass is 35.5. The van der Waals surface area contributed by atoms with E-state index in [-0.39, 0.29) is 0 Å². The number of ether oxygens (including phenoxy) is 1. The van der Waals surface area contributed by atoms with Gasteiger partial charge in [0.2, 0.25) is 0 Å². The molecule has 0 saturated heterocycles. The molecule has 15 heteroatoms. The normalized spacial score (nSPS) is 20.1. The fourth-order valence-corrected chi connectivity index (χ4v) is 1.43. The molecule has 0 spiro atoms. The second-order valence-corrected chi connectivity index (χ2v) is 4.72. The molecule has 4 atom stereocenters. The highest BCUT2D eigenvalue weighted by molar-refractivity contribution is 6.22. The van der Waals surface area contributed by atoms with Crippen LogP contribution in [-0.2, 0) is 4.74 Å². The summed E-state index contributed by atoms with van der Waals surface area (Å²) in [6.07, 6.45) is -22.4. The number of rotatable bonds is 6. The molecule has 0 rings (SSSR count). The van der Waals surface area contributed by atoms with Gasteiger partial charge in [-0.3, -0.25) is 0 Å². The third-order valence-corrected chi connectivity index (χ3v) is 2.88. The van der Waals surface area contributed by atoms with Gasteiger partial charge in [0.1, 0.15) is 0 Å². The molecule has 0 aliphatic carbocycles. The molecule has 0 aromatic carbocycles. The summed E-state index contributed by atoms with van der Waals surface area (Å²) in [6, 6.07) is 0. The first-order valence-corrected chi connectivity index (χ1v) is 5.84. The van der Waals surface area contributed by atoms with E-state index in [9.17, 15) is 52.7 Å². The summed E-state index contributed by atoms with van der Waals surface area (Å²) in [5, 5.41) is 0. The van der Waals surface area contributed by atoms with Crippen LogP contribution in [0.3, 0.4) is 0 Å². The number of hydrogen-bond acceptors (Lipinski definition) is 1. The molecule has 0 bridgehead atoms. The van der Waals surface area contributed by atoms with Gasteiger partial charge in [-0.05, 0) is 0 Å². The Morgan fingerprint density at radius 1 is 0.565 bits per heavy atom. The highest BCUT2D eigenvalue weighted by Gasteiger charge is 2.65. The molecule has 0 radical (unpaired) electrons. The molecule has 0 heterocycles. The van der Waals surface area contributed by atoms with Gasteiger partial charge in [-0.2, -0.15) is 43.9 Å². The van der Waals surface area contributed by atoms with Crippen LogP contribution < -0.4 is 0 Å². The molecule has 0 fully saturated rings. The van der Waals surface area contributed by atoms with Crippen molar-refractivity contribution in [3.05, 3.63) is 0 Å². The van der Waals surface area contributed by atoms with Crippen LogP contribution in [0.2, 0.25) is 0 Å². The Kier molecular flexibility index (Phi) is 6.81. The highest BCUT2D eigenvalue weighted by Crippen LogP contribution is 2.43. The van der Waals surface area contributed by atoms with Crippen LogP contribution in [0.1, 0.15) is 0 Å². The maximum absolute atomic E-state index is 12.9. The second-order valence-electron chi connectivity index (χ2n) is 3.93. The van der Waals surface area contributed by atoms with Crippen LogP contribution in [0.15, 0.2) is 0 Å². The van der Waals surface area contributed by atoms with Crippen molar-refractivity contribution in [1.29, 1.82) is 0 Å². The van der Waals surface area contributed by atoms with Crippen molar-refractivity contribution >= 4 is 23.2 Å². The molecule has 4 unspecified atom stereocenters. The van der Waals surface area contributed by atoms with E-state index in [1.165, 1.54) is 0 Å². The molecule has 0 aliphatic heterocycles. The smallest absolute Gasteiger partial charge is 0.330 e. The van der Waals surface area contributed by atoms with Gasteiger partial charge >= 0.3 is 24.2 Å². The van der Waals surface area contributed by atoms with Crippen LogP contribution in [0.5, 0.6) is 0 Å². The first-order chi connectivity index (χ1) is 9.86. The fourth-order valence-electron chi connectivity index (χ4n) is 0.953. The van der Waals surface area contributed by atoms with Crippen molar-refractivity contribution in [3.63, 3.8) is 0 Å². The van der Waals surface area contributed by atoms with E-state index in [4.69, 9.17) is 0 Å². The average molecular weight is 415 g/mol. The van der Waals surface area contributed by atoms with Gasteiger partial charge in [-0.1, -0.05) is 23.2 Å². The molecule has 140 valence electrons. The lowest BCUT2D eigenvalue weighted by Crippen LogP contribution is -2.53. The van der Waals surface area contributed by atoms with Gasteiger partial charge in [0.25, 0.3) is 12.3 Å². The Hall–Kier alpha value is -0.300. The first kappa shape index (κ1) is 22.7. The van der Waals surface area contributed by atoms with Crippen LogP contribution in [0.4, 0.5) is 52.7 Å². The summed E-state index contributed by atoms with van der Waals surface area (Å²) in [7, 11) is 0. The first-order valence-electron chi connectivity index (χ1n) is 4.97. The maximum atomic E-state index is 12.9. The fraction of sp³-hybridized carbons (Fsp3) is 1.00. The van der Waals surface area contributed by atoms with Crippen molar-refractivity contribution < 1.29 is 57.4 Å². The third kappa shape index (κ3) is 5.34. The molecule has 0 aromatic rings. The average Bonchev–Trinajstić information content (AvgIpc) is 2.34. The van der Waals surface area contributed by atoms with E-state index in [2.05, 4.69) is 27.9 Å². The van der Waals surface area contributed by atoms with Crippen LogP contribution in [0, 0.1) is 0 Å². The van der Waals surface area contributed by atoms with E-state index in [1.807, 2.05) is 0 Å². The molecular formula is C8H4Cl2F12O. The zero-order valence-electron chi connectivity index (χ0n) is 10.0. The molecule has 0 N–H and O–H groups in total. The molecule has 1 nitrogen and oxygen atoms in total. The number of alkyl halides is 14. The second kappa shape index (κ2) is 6.90. The van der Waals surface area contributed by atoms with E-state index in [0.717, 1.165) is 0 Å². The van der Waals surface area contributed by atoms with Gasteiger partial charge in [0.15, 0.2) is 11.1 Å². The standard InChI is InChI=1S/C8H4Cl2F12O/c9-3(5(13,14)1(11)7(17,18)19)23-4(10)6(15,16)2(12)8(20,21)22/h1-4H. The van der Waals surface area contributed by atoms with Crippen LogP contribution >= 0.6 is 23.2 Å². The summed E-state index contributed by atoms with van der Waals surface area (Å²) in [6.45, 7) is 0. The number of halogens is 14. The van der Waals surface area contributed by atoms with Crippen molar-refractivity contribution in [1.82, 2.24) is 0 Å². The van der Waals surface area contributed by atoms with Crippen molar-refractivity contribution in [2.24, 2.45) is 0 Å². The Morgan fingerprint density at radius 2 is 0.783 bits per heavy atom. The lowest BCUT2D eigenvalue weighted by molar-refractivity contribution is -0.285. The molecule has 0 saturated carbocycles. The Morgan fingerprint density at radius 3 is 0.957 bits per heavy atom. The minimum Gasteiger partial charge on any atom is -0.330 e. The Labute approximate surface area is 129 Å². The minimum absolute atomic E-state index is 3.16. The van der Waals surface area contributed by atoms with E-state index < -0.39 is 47.7 Å². The molecule has 23 heavy (non-hydrogen) atoms. The largest absolute Gasteiger partial charge is 0.425 e.